The number of anilines is 1. The fourth-order valence-corrected chi connectivity index (χ4v) is 3.98. The second-order valence-corrected chi connectivity index (χ2v) is 7.94. The Hall–Kier alpha value is -3.48. The third-order valence-corrected chi connectivity index (χ3v) is 5.75. The van der Waals surface area contributed by atoms with Gasteiger partial charge in [-0.3, -0.25) is 19.0 Å². The lowest BCUT2D eigenvalue weighted by molar-refractivity contribution is -0.116. The summed E-state index contributed by atoms with van der Waals surface area (Å²) >= 11 is 0. The van der Waals surface area contributed by atoms with Crippen molar-refractivity contribution in [3.8, 4) is 0 Å². The van der Waals surface area contributed by atoms with Crippen LogP contribution in [-0.4, -0.2) is 27.4 Å². The Labute approximate surface area is 180 Å². The van der Waals surface area contributed by atoms with Gasteiger partial charge in [0, 0.05) is 17.3 Å². The largest absolute Gasteiger partial charge is 0.349 e. The van der Waals surface area contributed by atoms with Gasteiger partial charge in [0.25, 0.3) is 11.5 Å². The highest BCUT2D eigenvalue weighted by Crippen LogP contribution is 2.19. The molecule has 2 aromatic carbocycles. The molecule has 1 fully saturated rings. The van der Waals surface area contributed by atoms with Gasteiger partial charge in [0.05, 0.1) is 17.2 Å². The summed E-state index contributed by atoms with van der Waals surface area (Å²) in [4.78, 5) is 41.7. The van der Waals surface area contributed by atoms with Crippen molar-refractivity contribution in [3.63, 3.8) is 0 Å². The number of carbonyl (C=O) groups excluding carboxylic acids is 2. The third kappa shape index (κ3) is 4.82. The van der Waals surface area contributed by atoms with Crippen LogP contribution in [0.5, 0.6) is 0 Å². The molecule has 1 aliphatic carbocycles. The monoisotopic (exact) mass is 418 g/mol. The van der Waals surface area contributed by atoms with Crippen molar-refractivity contribution in [1.82, 2.24) is 14.9 Å². The molecular formula is C24H26N4O3. The molecule has 31 heavy (non-hydrogen) atoms. The molecule has 1 aliphatic rings. The lowest BCUT2D eigenvalue weighted by atomic mass is 10.1. The normalized spacial score (nSPS) is 14.0. The van der Waals surface area contributed by atoms with Crippen LogP contribution in [0.3, 0.4) is 0 Å². The summed E-state index contributed by atoms with van der Waals surface area (Å²) in [5.41, 5.74) is 3.01. The van der Waals surface area contributed by atoms with Crippen molar-refractivity contribution in [2.24, 2.45) is 0 Å². The lowest BCUT2D eigenvalue weighted by Crippen LogP contribution is -2.32. The highest BCUT2D eigenvalue weighted by Gasteiger charge is 2.18. The van der Waals surface area contributed by atoms with Crippen LogP contribution in [0.1, 0.15) is 48.5 Å². The van der Waals surface area contributed by atoms with Gasteiger partial charge in [-0.2, -0.15) is 0 Å². The molecule has 0 unspecified atom stereocenters. The highest BCUT2D eigenvalue weighted by molar-refractivity contribution is 5.98. The van der Waals surface area contributed by atoms with E-state index in [2.05, 4.69) is 22.5 Å². The van der Waals surface area contributed by atoms with Crippen LogP contribution in [0.2, 0.25) is 0 Å². The fraction of sp³-hybridized carbons (Fsp3) is 0.333. The van der Waals surface area contributed by atoms with Crippen LogP contribution in [0.4, 0.5) is 5.69 Å². The maximum Gasteiger partial charge on any atom is 0.269 e. The van der Waals surface area contributed by atoms with Crippen molar-refractivity contribution in [3.05, 3.63) is 70.1 Å². The Balaban J connectivity index is 1.52. The number of carbonyl (C=O) groups is 2. The molecule has 0 bridgehead atoms. The molecule has 2 amide bonds. The predicted octanol–water partition coefficient (Wildman–Crippen LogP) is 3.27. The summed E-state index contributed by atoms with van der Waals surface area (Å²) in [6, 6.07) is 12.8. The fourth-order valence-electron chi connectivity index (χ4n) is 3.98. The number of nitrogens with zero attached hydrogens (tertiary/aromatic N) is 2. The van der Waals surface area contributed by atoms with E-state index in [9.17, 15) is 14.4 Å². The molecule has 1 aromatic heterocycles. The average molecular weight is 418 g/mol. The van der Waals surface area contributed by atoms with Gasteiger partial charge in [-0.15, -0.1) is 0 Å². The van der Waals surface area contributed by atoms with Crippen molar-refractivity contribution in [1.29, 1.82) is 0 Å². The Morgan fingerprint density at radius 2 is 1.84 bits per heavy atom. The first-order valence-electron chi connectivity index (χ1n) is 10.7. The molecule has 0 atom stereocenters. The molecule has 0 radical (unpaired) electrons. The van der Waals surface area contributed by atoms with Gasteiger partial charge in [0.2, 0.25) is 5.91 Å². The third-order valence-electron chi connectivity index (χ3n) is 5.75. The van der Waals surface area contributed by atoms with Gasteiger partial charge in [-0.25, -0.2) is 4.98 Å². The first-order valence-corrected chi connectivity index (χ1v) is 10.7. The van der Waals surface area contributed by atoms with E-state index in [4.69, 9.17) is 0 Å². The number of hydrogen-bond donors (Lipinski definition) is 2. The second-order valence-electron chi connectivity index (χ2n) is 7.94. The molecule has 3 aromatic rings. The molecular weight excluding hydrogens is 392 g/mol. The summed E-state index contributed by atoms with van der Waals surface area (Å²) < 4.78 is 1.37. The van der Waals surface area contributed by atoms with Crippen LogP contribution in [0.15, 0.2) is 53.5 Å². The van der Waals surface area contributed by atoms with Crippen LogP contribution in [0.25, 0.3) is 11.0 Å². The standard InChI is InChI=1S/C24H26N4O3/c1-2-16-7-10-19(11-8-16)26-22(29)15-28-21-12-9-17(13-20(21)25-14-23(28)30)24(31)27-18-5-3-4-6-18/h7-14,18H,2-6,15H2,1H3,(H,26,29)(H,27,31). The van der Waals surface area contributed by atoms with E-state index in [0.717, 1.165) is 32.1 Å². The maximum atomic E-state index is 12.6. The molecule has 2 N–H and O–H groups in total. The Morgan fingerprint density at radius 3 is 2.55 bits per heavy atom. The molecule has 0 saturated heterocycles. The van der Waals surface area contributed by atoms with Gasteiger partial charge >= 0.3 is 0 Å². The van der Waals surface area contributed by atoms with Gasteiger partial charge in [0.1, 0.15) is 6.54 Å². The number of fused-ring (bicyclic) bond motifs is 1. The van der Waals surface area contributed by atoms with E-state index in [1.807, 2.05) is 24.3 Å². The molecule has 0 aliphatic heterocycles. The summed E-state index contributed by atoms with van der Waals surface area (Å²) in [6.07, 6.45) is 6.40. The molecule has 1 heterocycles. The van der Waals surface area contributed by atoms with Gasteiger partial charge < -0.3 is 10.6 Å². The lowest BCUT2D eigenvalue weighted by Gasteiger charge is -2.13. The summed E-state index contributed by atoms with van der Waals surface area (Å²) in [6.45, 7) is 1.93. The smallest absolute Gasteiger partial charge is 0.269 e. The molecule has 0 spiro atoms. The van der Waals surface area contributed by atoms with Crippen LogP contribution in [0, 0.1) is 0 Å². The first kappa shape index (κ1) is 20.8. The maximum absolute atomic E-state index is 12.6. The van der Waals surface area contributed by atoms with E-state index in [-0.39, 0.29) is 30.0 Å². The van der Waals surface area contributed by atoms with Crippen molar-refractivity contribution < 1.29 is 9.59 Å². The topological polar surface area (TPSA) is 93.1 Å². The van der Waals surface area contributed by atoms with E-state index < -0.39 is 0 Å². The summed E-state index contributed by atoms with van der Waals surface area (Å²) in [5.74, 6) is -0.441. The van der Waals surface area contributed by atoms with Crippen molar-refractivity contribution >= 4 is 28.5 Å². The zero-order chi connectivity index (χ0) is 21.8. The second kappa shape index (κ2) is 9.12. The van der Waals surface area contributed by atoms with Crippen LogP contribution >= 0.6 is 0 Å². The Bertz CT molecular complexity index is 1160. The summed E-state index contributed by atoms with van der Waals surface area (Å²) in [5, 5.41) is 5.87. The van der Waals surface area contributed by atoms with E-state index in [1.165, 1.54) is 16.3 Å². The van der Waals surface area contributed by atoms with Crippen molar-refractivity contribution in [2.75, 3.05) is 5.32 Å². The van der Waals surface area contributed by atoms with E-state index in [1.54, 1.807) is 18.2 Å². The SMILES string of the molecule is CCc1ccc(NC(=O)Cn2c(=O)cnc3cc(C(=O)NC4CCCC4)ccc32)cc1. The molecule has 4 rings (SSSR count). The number of hydrogen-bond acceptors (Lipinski definition) is 4. The average Bonchev–Trinajstić information content (AvgIpc) is 3.29. The minimum absolute atomic E-state index is 0.137. The predicted molar refractivity (Wildman–Crippen MR) is 120 cm³/mol. The quantitative estimate of drug-likeness (QED) is 0.643. The van der Waals surface area contributed by atoms with E-state index >= 15 is 0 Å². The number of rotatable bonds is 6. The Morgan fingerprint density at radius 1 is 1.10 bits per heavy atom. The van der Waals surface area contributed by atoms with E-state index in [0.29, 0.717) is 22.3 Å². The molecule has 1 saturated carbocycles. The minimum atomic E-state index is -0.368. The number of aromatic nitrogens is 2. The molecule has 7 heteroatoms. The zero-order valence-electron chi connectivity index (χ0n) is 17.6. The van der Waals surface area contributed by atoms with Gasteiger partial charge in [0.15, 0.2) is 0 Å². The van der Waals surface area contributed by atoms with Crippen LogP contribution in [-0.2, 0) is 17.8 Å². The molecule has 7 nitrogen and oxygen atoms in total. The van der Waals surface area contributed by atoms with Gasteiger partial charge in [-0.1, -0.05) is 31.9 Å². The van der Waals surface area contributed by atoms with Gasteiger partial charge in [-0.05, 0) is 55.2 Å². The number of amides is 2. The molecule has 160 valence electrons. The Kier molecular flexibility index (Phi) is 6.11. The minimum Gasteiger partial charge on any atom is -0.349 e. The number of aryl methyl sites for hydroxylation is 1. The van der Waals surface area contributed by atoms with Crippen LogP contribution < -0.4 is 16.2 Å². The number of benzene rings is 2. The first-order chi connectivity index (χ1) is 15.0. The summed E-state index contributed by atoms with van der Waals surface area (Å²) in [7, 11) is 0. The highest BCUT2D eigenvalue weighted by atomic mass is 16.2. The van der Waals surface area contributed by atoms with Crippen molar-refractivity contribution in [2.45, 2.75) is 51.6 Å². The number of nitrogens with one attached hydrogen (secondary N) is 2. The zero-order valence-corrected chi connectivity index (χ0v) is 17.6.